The quantitative estimate of drug-likeness (QED) is 0.349. The van der Waals surface area contributed by atoms with Crippen LogP contribution in [0.3, 0.4) is 0 Å². The van der Waals surface area contributed by atoms with Gasteiger partial charge in [-0.15, -0.1) is 0 Å². The number of hydrogen-bond donors (Lipinski definition) is 1. The maximum atomic E-state index is 12.9. The first kappa shape index (κ1) is 24.3. The molecule has 4 aromatic rings. The molecule has 0 aliphatic carbocycles. The molecule has 0 aliphatic rings. The lowest BCUT2D eigenvalue weighted by molar-refractivity contribution is -0.0498. The molecule has 0 saturated heterocycles. The number of rotatable bonds is 10. The molecule has 0 saturated carbocycles. The van der Waals surface area contributed by atoms with Crippen LogP contribution in [0.5, 0.6) is 11.5 Å². The molecule has 4 rings (SSSR count). The third-order valence-corrected chi connectivity index (χ3v) is 5.36. The maximum absolute atomic E-state index is 12.9. The van der Waals surface area contributed by atoms with E-state index in [4.69, 9.17) is 9.72 Å². The number of alkyl halides is 2. The third-order valence-electron chi connectivity index (χ3n) is 5.36. The first-order chi connectivity index (χ1) is 16.8. The number of methoxy groups -OCH3 is 1. The summed E-state index contributed by atoms with van der Waals surface area (Å²) in [5, 5.41) is 7.61. The Bertz CT molecular complexity index is 1290. The van der Waals surface area contributed by atoms with E-state index in [1.54, 1.807) is 29.2 Å². The summed E-state index contributed by atoms with van der Waals surface area (Å²) in [5.41, 5.74) is 4.52. The fourth-order valence-electron chi connectivity index (χ4n) is 3.73. The lowest BCUT2D eigenvalue weighted by Gasteiger charge is -2.27. The molecule has 1 N–H and O–H groups in total. The van der Waals surface area contributed by atoms with Gasteiger partial charge < -0.3 is 19.7 Å². The zero-order valence-corrected chi connectivity index (χ0v) is 20.1. The van der Waals surface area contributed by atoms with E-state index >= 15 is 0 Å². The van der Waals surface area contributed by atoms with Crippen molar-refractivity contribution >= 4 is 22.4 Å². The fraction of sp³-hybridized carbons (Fsp3) is 0.320. The molecule has 35 heavy (non-hydrogen) atoms. The Hall–Kier alpha value is -3.79. The summed E-state index contributed by atoms with van der Waals surface area (Å²) in [7, 11) is 3.33. The molecule has 0 amide bonds. The lowest BCUT2D eigenvalue weighted by Crippen LogP contribution is -2.32. The van der Waals surface area contributed by atoms with E-state index in [9.17, 15) is 8.78 Å². The summed E-state index contributed by atoms with van der Waals surface area (Å²) >= 11 is 0. The Labute approximate surface area is 202 Å². The van der Waals surface area contributed by atoms with Gasteiger partial charge in [0, 0.05) is 67.5 Å². The van der Waals surface area contributed by atoms with Gasteiger partial charge >= 0.3 is 6.61 Å². The smallest absolute Gasteiger partial charge is 0.387 e. The van der Waals surface area contributed by atoms with E-state index in [2.05, 4.69) is 34.0 Å². The minimum atomic E-state index is -2.94. The first-order valence-electron chi connectivity index (χ1n) is 11.2. The van der Waals surface area contributed by atoms with Crippen molar-refractivity contribution in [1.29, 1.82) is 0 Å². The van der Waals surface area contributed by atoms with Crippen molar-refractivity contribution < 1.29 is 18.3 Å². The second kappa shape index (κ2) is 10.6. The predicted octanol–water partition coefficient (Wildman–Crippen LogP) is 4.78. The van der Waals surface area contributed by atoms with Crippen LogP contribution in [0.1, 0.15) is 13.8 Å². The van der Waals surface area contributed by atoms with Crippen LogP contribution in [0.15, 0.2) is 55.0 Å². The molecule has 10 heteroatoms. The maximum Gasteiger partial charge on any atom is 0.387 e. The summed E-state index contributed by atoms with van der Waals surface area (Å²) in [5.74, 6) is 0.440. The average molecular weight is 483 g/mol. The summed E-state index contributed by atoms with van der Waals surface area (Å²) in [6.45, 7) is 2.43. The standard InChI is InChI=1S/C25H28F2N6O2/c1-16(2)28-7-8-33(19-9-20(34-4)12-21(10-19)35-25(26)27)18-5-6-22-23(11-18)31-24(14-29-22)17-13-30-32(3)15-17/h5-6,9-16,25,28H,7-8H2,1-4H3. The van der Waals surface area contributed by atoms with Gasteiger partial charge in [-0.25, -0.2) is 4.98 Å². The average Bonchev–Trinajstić information content (AvgIpc) is 3.26. The highest BCUT2D eigenvalue weighted by atomic mass is 19.3. The number of aromatic nitrogens is 4. The Morgan fingerprint density at radius 3 is 2.51 bits per heavy atom. The van der Waals surface area contributed by atoms with Crippen molar-refractivity contribution in [3.63, 3.8) is 0 Å². The van der Waals surface area contributed by atoms with E-state index in [0.717, 1.165) is 16.8 Å². The van der Waals surface area contributed by atoms with E-state index < -0.39 is 6.61 Å². The van der Waals surface area contributed by atoms with Crippen molar-refractivity contribution in [3.8, 4) is 22.8 Å². The molecule has 0 spiro atoms. The van der Waals surface area contributed by atoms with Gasteiger partial charge in [-0.1, -0.05) is 13.8 Å². The van der Waals surface area contributed by atoms with Gasteiger partial charge in [-0.2, -0.15) is 13.9 Å². The molecule has 184 valence electrons. The van der Waals surface area contributed by atoms with Crippen LogP contribution in [0.25, 0.3) is 22.3 Å². The van der Waals surface area contributed by atoms with Crippen LogP contribution in [0, 0.1) is 0 Å². The van der Waals surface area contributed by atoms with Gasteiger partial charge in [-0.05, 0) is 18.2 Å². The zero-order valence-electron chi connectivity index (χ0n) is 20.1. The molecule has 0 fully saturated rings. The van der Waals surface area contributed by atoms with Gasteiger partial charge in [0.2, 0.25) is 0 Å². The number of halogens is 2. The normalized spacial score (nSPS) is 11.4. The molecular weight excluding hydrogens is 454 g/mol. The monoisotopic (exact) mass is 482 g/mol. The van der Waals surface area contributed by atoms with Gasteiger partial charge in [0.25, 0.3) is 0 Å². The summed E-state index contributed by atoms with van der Waals surface area (Å²) in [6.07, 6.45) is 5.34. The number of ether oxygens (including phenoxy) is 2. The molecule has 0 radical (unpaired) electrons. The largest absolute Gasteiger partial charge is 0.497 e. The molecule has 0 unspecified atom stereocenters. The van der Waals surface area contributed by atoms with E-state index in [1.807, 2.05) is 36.3 Å². The number of fused-ring (bicyclic) bond motifs is 1. The Morgan fingerprint density at radius 2 is 1.83 bits per heavy atom. The first-order valence-corrected chi connectivity index (χ1v) is 11.2. The molecular formula is C25H28F2N6O2. The van der Waals surface area contributed by atoms with Gasteiger partial charge in [-0.3, -0.25) is 9.67 Å². The second-order valence-corrected chi connectivity index (χ2v) is 8.34. The summed E-state index contributed by atoms with van der Waals surface area (Å²) < 4.78 is 37.6. The van der Waals surface area contributed by atoms with Gasteiger partial charge in [0.15, 0.2) is 0 Å². The fourth-order valence-corrected chi connectivity index (χ4v) is 3.73. The third kappa shape index (κ3) is 6.02. The van der Waals surface area contributed by atoms with Gasteiger partial charge in [0.1, 0.15) is 11.5 Å². The topological polar surface area (TPSA) is 77.3 Å². The van der Waals surface area contributed by atoms with Crippen LogP contribution in [0.4, 0.5) is 20.2 Å². The number of aryl methyl sites for hydroxylation is 1. The Kier molecular flexibility index (Phi) is 7.40. The van der Waals surface area contributed by atoms with Crippen LogP contribution in [-0.2, 0) is 7.05 Å². The zero-order chi connectivity index (χ0) is 24.9. The molecule has 0 atom stereocenters. The van der Waals surface area contributed by atoms with Crippen molar-refractivity contribution in [2.24, 2.45) is 7.05 Å². The number of hydrogen-bond acceptors (Lipinski definition) is 7. The Morgan fingerprint density at radius 1 is 1.03 bits per heavy atom. The highest BCUT2D eigenvalue weighted by Gasteiger charge is 2.16. The number of nitrogens with zero attached hydrogens (tertiary/aromatic N) is 5. The molecule has 2 aromatic heterocycles. The molecule has 0 bridgehead atoms. The second-order valence-electron chi connectivity index (χ2n) is 8.34. The van der Waals surface area contributed by atoms with Gasteiger partial charge in [0.05, 0.1) is 36.2 Å². The highest BCUT2D eigenvalue weighted by Crippen LogP contribution is 2.34. The molecule has 0 aliphatic heterocycles. The van der Waals surface area contributed by atoms with Crippen molar-refractivity contribution in [2.75, 3.05) is 25.1 Å². The Balaban J connectivity index is 1.76. The van der Waals surface area contributed by atoms with Crippen LogP contribution in [0.2, 0.25) is 0 Å². The number of benzene rings is 2. The van der Waals surface area contributed by atoms with Crippen molar-refractivity contribution in [2.45, 2.75) is 26.5 Å². The predicted molar refractivity (Wildman–Crippen MR) is 132 cm³/mol. The highest BCUT2D eigenvalue weighted by molar-refractivity contribution is 5.82. The molecule has 2 aromatic carbocycles. The van der Waals surface area contributed by atoms with E-state index in [1.165, 1.54) is 13.2 Å². The van der Waals surface area contributed by atoms with Crippen molar-refractivity contribution in [1.82, 2.24) is 25.1 Å². The summed E-state index contributed by atoms with van der Waals surface area (Å²) in [6, 6.07) is 10.9. The molecule has 2 heterocycles. The lowest BCUT2D eigenvalue weighted by atomic mass is 10.2. The van der Waals surface area contributed by atoms with Crippen molar-refractivity contribution in [3.05, 3.63) is 55.0 Å². The van der Waals surface area contributed by atoms with Crippen LogP contribution >= 0.6 is 0 Å². The van der Waals surface area contributed by atoms with E-state index in [-0.39, 0.29) is 5.75 Å². The SMILES string of the molecule is COc1cc(OC(F)F)cc(N(CCNC(C)C)c2ccc3ncc(-c4cnn(C)c4)nc3c2)c1. The van der Waals surface area contributed by atoms with Crippen LogP contribution < -0.4 is 19.7 Å². The minimum absolute atomic E-state index is 0.0237. The summed E-state index contributed by atoms with van der Waals surface area (Å²) in [4.78, 5) is 11.3. The molecule has 8 nitrogen and oxygen atoms in total. The number of nitrogens with one attached hydrogen (secondary N) is 1. The van der Waals surface area contributed by atoms with Crippen LogP contribution in [-0.4, -0.2) is 52.6 Å². The van der Waals surface area contributed by atoms with E-state index in [0.29, 0.717) is 41.8 Å². The number of anilines is 2. The minimum Gasteiger partial charge on any atom is -0.497 e.